The van der Waals surface area contributed by atoms with Gasteiger partial charge in [0.2, 0.25) is 11.8 Å². The van der Waals surface area contributed by atoms with Crippen molar-refractivity contribution in [2.45, 2.75) is 25.3 Å². The van der Waals surface area contributed by atoms with Crippen molar-refractivity contribution in [2.75, 3.05) is 18.8 Å². The number of hydrogen-bond donors (Lipinski definition) is 1. The van der Waals surface area contributed by atoms with Crippen LogP contribution in [-0.2, 0) is 16.1 Å². The van der Waals surface area contributed by atoms with Crippen molar-refractivity contribution in [2.24, 2.45) is 0 Å². The molecule has 0 unspecified atom stereocenters. The molecule has 0 saturated carbocycles. The van der Waals surface area contributed by atoms with Crippen molar-refractivity contribution < 1.29 is 23.2 Å². The van der Waals surface area contributed by atoms with Crippen LogP contribution in [0.1, 0.15) is 29.8 Å². The smallest absolute Gasteiger partial charge is 0.239 e. The fraction of sp³-hybridized carbons (Fsp3) is 0.286. The van der Waals surface area contributed by atoms with Gasteiger partial charge in [-0.3, -0.25) is 14.4 Å². The molecule has 0 fully saturated rings. The number of amides is 2. The number of rotatable bonds is 9. The van der Waals surface area contributed by atoms with Gasteiger partial charge < -0.3 is 10.2 Å². The van der Waals surface area contributed by atoms with E-state index in [9.17, 15) is 23.2 Å². The summed E-state index contributed by atoms with van der Waals surface area (Å²) in [5.41, 5.74) is 1.01. The second-order valence-corrected chi connectivity index (χ2v) is 7.32. The van der Waals surface area contributed by atoms with Gasteiger partial charge in [-0.25, -0.2) is 8.78 Å². The van der Waals surface area contributed by atoms with Crippen LogP contribution in [0, 0.1) is 11.6 Å². The van der Waals surface area contributed by atoms with Crippen molar-refractivity contribution >= 4 is 29.4 Å². The summed E-state index contributed by atoms with van der Waals surface area (Å²) in [5.74, 6) is -1.82. The van der Waals surface area contributed by atoms with Gasteiger partial charge in [-0.1, -0.05) is 18.2 Å². The molecule has 0 heterocycles. The topological polar surface area (TPSA) is 66.5 Å². The Balaban J connectivity index is 1.85. The van der Waals surface area contributed by atoms with Gasteiger partial charge in [-0.2, -0.15) is 0 Å². The van der Waals surface area contributed by atoms with Crippen molar-refractivity contribution in [3.8, 4) is 0 Å². The van der Waals surface area contributed by atoms with E-state index in [1.54, 1.807) is 19.1 Å². The van der Waals surface area contributed by atoms with Crippen LogP contribution in [0.25, 0.3) is 0 Å². The van der Waals surface area contributed by atoms with Crippen LogP contribution in [0.5, 0.6) is 0 Å². The number of ketones is 1. The Morgan fingerprint density at radius 2 is 1.76 bits per heavy atom. The number of benzene rings is 2. The van der Waals surface area contributed by atoms with Crippen LogP contribution in [0.15, 0.2) is 47.4 Å². The number of carbonyl (C=O) groups excluding carboxylic acids is 3. The van der Waals surface area contributed by atoms with Crippen molar-refractivity contribution in [3.05, 3.63) is 65.2 Å². The van der Waals surface area contributed by atoms with Crippen molar-refractivity contribution in [1.82, 2.24) is 10.2 Å². The molecule has 29 heavy (non-hydrogen) atoms. The molecule has 0 aliphatic carbocycles. The van der Waals surface area contributed by atoms with Gasteiger partial charge in [-0.15, -0.1) is 11.8 Å². The molecule has 0 radical (unpaired) electrons. The molecule has 0 aromatic heterocycles. The normalized spacial score (nSPS) is 10.5. The third kappa shape index (κ3) is 6.98. The van der Waals surface area contributed by atoms with Crippen LogP contribution in [-0.4, -0.2) is 41.3 Å². The number of hydrogen-bond acceptors (Lipinski definition) is 4. The van der Waals surface area contributed by atoms with E-state index in [1.165, 1.54) is 36.1 Å². The molecule has 0 spiro atoms. The highest BCUT2D eigenvalue weighted by Gasteiger charge is 2.17. The molecule has 2 rings (SSSR count). The second-order valence-electron chi connectivity index (χ2n) is 6.30. The lowest BCUT2D eigenvalue weighted by Gasteiger charge is -2.20. The number of halogens is 2. The van der Waals surface area contributed by atoms with E-state index in [1.807, 2.05) is 0 Å². The van der Waals surface area contributed by atoms with Gasteiger partial charge in [0.1, 0.15) is 11.6 Å². The zero-order chi connectivity index (χ0) is 21.4. The molecule has 0 atom stereocenters. The third-order valence-electron chi connectivity index (χ3n) is 4.16. The zero-order valence-corrected chi connectivity index (χ0v) is 17.0. The molecule has 0 saturated heterocycles. The number of nitrogens with one attached hydrogen (secondary N) is 1. The Kier molecular flexibility index (Phi) is 8.33. The number of thioether (sulfide) groups is 1. The molecule has 2 amide bonds. The summed E-state index contributed by atoms with van der Waals surface area (Å²) in [6.45, 7) is 3.54. The molecule has 154 valence electrons. The first-order chi connectivity index (χ1) is 13.8. The van der Waals surface area contributed by atoms with Gasteiger partial charge in [0.25, 0.3) is 0 Å². The minimum Gasteiger partial charge on any atom is -0.350 e. The van der Waals surface area contributed by atoms with E-state index in [4.69, 9.17) is 0 Å². The summed E-state index contributed by atoms with van der Waals surface area (Å²) in [7, 11) is 0. The van der Waals surface area contributed by atoms with Crippen LogP contribution >= 0.6 is 11.8 Å². The summed E-state index contributed by atoms with van der Waals surface area (Å²) in [6.07, 6.45) is 0. The van der Waals surface area contributed by atoms with E-state index >= 15 is 0 Å². The molecular formula is C21H22F2N2O3S. The number of carbonyl (C=O) groups is 3. The van der Waals surface area contributed by atoms with E-state index < -0.39 is 5.82 Å². The summed E-state index contributed by atoms with van der Waals surface area (Å²) in [6, 6.07) is 9.89. The summed E-state index contributed by atoms with van der Waals surface area (Å²) >= 11 is 1.01. The number of nitrogens with zero attached hydrogens (tertiary/aromatic N) is 1. The summed E-state index contributed by atoms with van der Waals surface area (Å²) < 4.78 is 27.0. The quantitative estimate of drug-likeness (QED) is 0.499. The minimum atomic E-state index is -0.560. The predicted octanol–water partition coefficient (Wildman–Crippen LogP) is 3.42. The molecule has 0 aliphatic heterocycles. The highest BCUT2D eigenvalue weighted by Crippen LogP contribution is 2.23. The molecule has 1 N–H and O–H groups in total. The van der Waals surface area contributed by atoms with Gasteiger partial charge in [0.05, 0.1) is 12.3 Å². The van der Waals surface area contributed by atoms with Crippen LogP contribution in [0.4, 0.5) is 8.78 Å². The first-order valence-corrected chi connectivity index (χ1v) is 10.0. The molecule has 5 nitrogen and oxygen atoms in total. The molecule has 2 aromatic carbocycles. The molecular weight excluding hydrogens is 398 g/mol. The maximum absolute atomic E-state index is 14.1. The molecule has 0 bridgehead atoms. The van der Waals surface area contributed by atoms with Gasteiger partial charge in [0.15, 0.2) is 5.78 Å². The third-order valence-corrected chi connectivity index (χ3v) is 5.19. The van der Waals surface area contributed by atoms with Crippen LogP contribution in [0.2, 0.25) is 0 Å². The maximum atomic E-state index is 14.1. The number of likely N-dealkylation sites (N-methyl/N-ethyl adjacent to an activating group) is 1. The Morgan fingerprint density at radius 1 is 1.07 bits per heavy atom. The van der Waals surface area contributed by atoms with Gasteiger partial charge in [0, 0.05) is 23.5 Å². The molecule has 8 heteroatoms. The Labute approximate surface area is 172 Å². The van der Waals surface area contributed by atoms with Crippen LogP contribution < -0.4 is 5.32 Å². The van der Waals surface area contributed by atoms with Crippen molar-refractivity contribution in [3.63, 3.8) is 0 Å². The van der Waals surface area contributed by atoms with E-state index in [-0.39, 0.29) is 52.7 Å². The van der Waals surface area contributed by atoms with E-state index in [0.29, 0.717) is 6.54 Å². The summed E-state index contributed by atoms with van der Waals surface area (Å²) in [5, 5.41) is 2.68. The largest absolute Gasteiger partial charge is 0.350 e. The number of Topliss-reactive ketones (excluding diaryl/α,β-unsaturated/α-hetero) is 1. The lowest BCUT2D eigenvalue weighted by molar-refractivity contribution is -0.133. The van der Waals surface area contributed by atoms with Gasteiger partial charge in [-0.05, 0) is 43.7 Å². The first kappa shape index (κ1) is 22.5. The second kappa shape index (κ2) is 10.7. The Hall–Kier alpha value is -2.74. The van der Waals surface area contributed by atoms with Crippen molar-refractivity contribution in [1.29, 1.82) is 0 Å². The first-order valence-electron chi connectivity index (χ1n) is 9.02. The van der Waals surface area contributed by atoms with Gasteiger partial charge >= 0.3 is 0 Å². The average Bonchev–Trinajstić information content (AvgIpc) is 2.70. The molecule has 0 aliphatic rings. The average molecular weight is 420 g/mol. The fourth-order valence-corrected chi connectivity index (χ4v) is 3.30. The highest BCUT2D eigenvalue weighted by molar-refractivity contribution is 8.00. The fourth-order valence-electron chi connectivity index (χ4n) is 2.48. The maximum Gasteiger partial charge on any atom is 0.239 e. The lowest BCUT2D eigenvalue weighted by Crippen LogP contribution is -2.41. The monoisotopic (exact) mass is 420 g/mol. The van der Waals surface area contributed by atoms with E-state index in [2.05, 4.69) is 5.32 Å². The standard InChI is InChI=1S/C21H22F2N2O3S/c1-3-25(12-20(27)24-11-15-4-7-17(22)8-5-15)21(28)13-29-19-9-6-16(14(2)26)10-18(19)23/h4-10H,3,11-13H2,1-2H3,(H,24,27). The highest BCUT2D eigenvalue weighted by atomic mass is 32.2. The SMILES string of the molecule is CCN(CC(=O)NCc1ccc(F)cc1)C(=O)CSc1ccc(C(C)=O)cc1F. The van der Waals surface area contributed by atoms with E-state index in [0.717, 1.165) is 23.4 Å². The minimum absolute atomic E-state index is 0.0323. The Bertz CT molecular complexity index is 888. The summed E-state index contributed by atoms with van der Waals surface area (Å²) in [4.78, 5) is 37.4. The lowest BCUT2D eigenvalue weighted by atomic mass is 10.1. The Morgan fingerprint density at radius 3 is 2.34 bits per heavy atom. The zero-order valence-electron chi connectivity index (χ0n) is 16.2. The van der Waals surface area contributed by atoms with Crippen LogP contribution in [0.3, 0.4) is 0 Å². The molecule has 2 aromatic rings. The predicted molar refractivity (Wildman–Crippen MR) is 108 cm³/mol.